The predicted octanol–water partition coefficient (Wildman–Crippen LogP) is 4.07. The Hall–Kier alpha value is -4.30. The summed E-state index contributed by atoms with van der Waals surface area (Å²) in [6, 6.07) is 17.4. The fraction of sp³-hybridized carbons (Fsp3) is 0.154. The number of nitrogens with one attached hydrogen (secondary N) is 1. The Balaban J connectivity index is 1.53. The molecule has 0 spiro atoms. The van der Waals surface area contributed by atoms with Gasteiger partial charge in [-0.25, -0.2) is 4.98 Å². The molecule has 0 aliphatic heterocycles. The van der Waals surface area contributed by atoms with Crippen LogP contribution in [0.15, 0.2) is 85.5 Å². The first-order valence-electron chi connectivity index (χ1n) is 10.8. The molecule has 0 atom stereocenters. The van der Waals surface area contributed by atoms with Crippen LogP contribution in [0, 0.1) is 0 Å². The van der Waals surface area contributed by atoms with Crippen molar-refractivity contribution >= 4 is 17.7 Å². The van der Waals surface area contributed by atoms with Crippen molar-refractivity contribution in [2.45, 2.75) is 6.54 Å². The van der Waals surface area contributed by atoms with Crippen molar-refractivity contribution < 1.29 is 14.3 Å². The number of rotatable bonds is 10. The third-order valence-electron chi connectivity index (χ3n) is 4.88. The van der Waals surface area contributed by atoms with Crippen LogP contribution in [0.3, 0.4) is 0 Å². The number of carbonyl (C=O) groups excluding carboxylic acids is 1. The molecule has 0 saturated heterocycles. The third kappa shape index (κ3) is 6.14. The highest BCUT2D eigenvalue weighted by atomic mass is 16.5. The minimum atomic E-state index is -0.308. The van der Waals surface area contributed by atoms with E-state index in [0.717, 1.165) is 22.4 Å². The zero-order valence-electron chi connectivity index (χ0n) is 18.8. The molecule has 0 fully saturated rings. The number of hydrogen-bond acceptors (Lipinski definition) is 6. The molecule has 34 heavy (non-hydrogen) atoms. The fourth-order valence-electron chi connectivity index (χ4n) is 3.30. The highest BCUT2D eigenvalue weighted by molar-refractivity contribution is 6.03. The minimum Gasteiger partial charge on any atom is -0.474 e. The molecule has 0 aliphatic carbocycles. The molecule has 0 saturated carbocycles. The quantitative estimate of drug-likeness (QED) is 0.286. The van der Waals surface area contributed by atoms with E-state index in [9.17, 15) is 4.79 Å². The van der Waals surface area contributed by atoms with E-state index in [2.05, 4.69) is 27.4 Å². The average Bonchev–Trinajstić information content (AvgIpc) is 3.27. The van der Waals surface area contributed by atoms with E-state index in [1.807, 2.05) is 41.2 Å². The number of pyridine rings is 2. The Morgan fingerprint density at radius 3 is 2.71 bits per heavy atom. The normalized spacial score (nSPS) is 11.0. The summed E-state index contributed by atoms with van der Waals surface area (Å²) in [6.07, 6.45) is 10.2. The lowest BCUT2D eigenvalue weighted by Gasteiger charge is -2.09. The summed E-state index contributed by atoms with van der Waals surface area (Å²) in [5.41, 5.74) is 4.05. The van der Waals surface area contributed by atoms with Crippen molar-refractivity contribution in [2.24, 2.45) is 0 Å². The van der Waals surface area contributed by atoms with Gasteiger partial charge in [-0.05, 0) is 35.9 Å². The van der Waals surface area contributed by atoms with Gasteiger partial charge >= 0.3 is 0 Å². The number of ether oxygens (including phenoxy) is 2. The maximum Gasteiger partial charge on any atom is 0.248 e. The lowest BCUT2D eigenvalue weighted by molar-refractivity contribution is -0.111. The Morgan fingerprint density at radius 2 is 1.91 bits per heavy atom. The molecule has 3 heterocycles. The van der Waals surface area contributed by atoms with Crippen molar-refractivity contribution in [1.82, 2.24) is 19.7 Å². The summed E-state index contributed by atoms with van der Waals surface area (Å²) in [4.78, 5) is 21.1. The maximum atomic E-state index is 12.7. The predicted molar refractivity (Wildman–Crippen MR) is 130 cm³/mol. The molecule has 0 radical (unpaired) electrons. The summed E-state index contributed by atoms with van der Waals surface area (Å²) >= 11 is 0. The van der Waals surface area contributed by atoms with Crippen LogP contribution in [0.4, 0.5) is 5.69 Å². The molecule has 0 aliphatic rings. The number of anilines is 1. The number of aromatic nitrogens is 4. The van der Waals surface area contributed by atoms with Gasteiger partial charge in [-0.3, -0.25) is 14.5 Å². The van der Waals surface area contributed by atoms with E-state index >= 15 is 0 Å². The smallest absolute Gasteiger partial charge is 0.248 e. The molecule has 1 N–H and O–H groups in total. The van der Waals surface area contributed by atoms with Crippen LogP contribution in [0.25, 0.3) is 17.3 Å². The first-order chi connectivity index (χ1) is 16.7. The van der Waals surface area contributed by atoms with Gasteiger partial charge in [0.1, 0.15) is 18.0 Å². The van der Waals surface area contributed by atoms with E-state index in [1.54, 1.807) is 43.9 Å². The Morgan fingerprint density at radius 1 is 1.06 bits per heavy atom. The maximum absolute atomic E-state index is 12.7. The molecule has 172 valence electrons. The van der Waals surface area contributed by atoms with Crippen LogP contribution in [0.1, 0.15) is 11.1 Å². The van der Waals surface area contributed by atoms with Gasteiger partial charge in [-0.2, -0.15) is 5.10 Å². The first kappa shape index (κ1) is 22.9. The van der Waals surface area contributed by atoms with Crippen molar-refractivity contribution in [3.05, 3.63) is 96.6 Å². The van der Waals surface area contributed by atoms with Crippen molar-refractivity contribution in [3.63, 3.8) is 0 Å². The van der Waals surface area contributed by atoms with Crippen molar-refractivity contribution in [3.8, 4) is 17.1 Å². The van der Waals surface area contributed by atoms with Crippen LogP contribution < -0.4 is 10.1 Å². The third-order valence-corrected chi connectivity index (χ3v) is 4.88. The minimum absolute atomic E-state index is 0.308. The van der Waals surface area contributed by atoms with Gasteiger partial charge in [-0.1, -0.05) is 30.3 Å². The SMILES string of the molecule is COCCOc1ncccc1NC(=O)/C=C/c1cn(Cc2ccccc2)nc1-c1cccnc1. The number of nitrogens with zero attached hydrogens (tertiary/aromatic N) is 4. The van der Waals surface area contributed by atoms with E-state index in [1.165, 1.54) is 6.08 Å². The summed E-state index contributed by atoms with van der Waals surface area (Å²) in [5, 5.41) is 7.57. The summed E-state index contributed by atoms with van der Waals surface area (Å²) < 4.78 is 12.4. The van der Waals surface area contributed by atoms with Crippen LogP contribution in [-0.2, 0) is 16.1 Å². The number of methoxy groups -OCH3 is 1. The van der Waals surface area contributed by atoms with Gasteiger partial charge in [0, 0.05) is 49.1 Å². The second kappa shape index (κ2) is 11.5. The molecule has 8 heteroatoms. The molecule has 1 amide bonds. The largest absolute Gasteiger partial charge is 0.474 e. The van der Waals surface area contributed by atoms with E-state index in [-0.39, 0.29) is 5.91 Å². The number of carbonyl (C=O) groups is 1. The number of hydrogen-bond donors (Lipinski definition) is 1. The highest BCUT2D eigenvalue weighted by Gasteiger charge is 2.11. The zero-order chi connectivity index (χ0) is 23.6. The topological polar surface area (TPSA) is 91.2 Å². The van der Waals surface area contributed by atoms with Crippen LogP contribution in [0.5, 0.6) is 5.88 Å². The monoisotopic (exact) mass is 455 g/mol. The van der Waals surface area contributed by atoms with Gasteiger partial charge in [-0.15, -0.1) is 0 Å². The fourth-order valence-corrected chi connectivity index (χ4v) is 3.30. The first-order valence-corrected chi connectivity index (χ1v) is 10.8. The molecule has 4 aromatic rings. The summed E-state index contributed by atoms with van der Waals surface area (Å²) in [7, 11) is 1.59. The number of benzene rings is 1. The Labute approximate surface area is 197 Å². The summed E-state index contributed by atoms with van der Waals surface area (Å²) in [6.45, 7) is 1.38. The van der Waals surface area contributed by atoms with Crippen LogP contribution in [0.2, 0.25) is 0 Å². The van der Waals surface area contributed by atoms with Gasteiger partial charge in [0.05, 0.1) is 13.2 Å². The molecule has 0 unspecified atom stereocenters. The standard InChI is InChI=1S/C26H25N5O3/c1-33-15-16-34-26-23(10-6-14-28-26)29-24(32)12-11-22-19-31(18-20-7-3-2-4-8-20)30-25(22)21-9-5-13-27-17-21/h2-14,17,19H,15-16,18H2,1H3,(H,29,32)/b12-11+. The van der Waals surface area contributed by atoms with E-state index in [0.29, 0.717) is 31.3 Å². The van der Waals surface area contributed by atoms with Crippen molar-refractivity contribution in [1.29, 1.82) is 0 Å². The zero-order valence-corrected chi connectivity index (χ0v) is 18.8. The van der Waals surface area contributed by atoms with Crippen molar-refractivity contribution in [2.75, 3.05) is 25.6 Å². The Kier molecular flexibility index (Phi) is 7.76. The van der Waals surface area contributed by atoms with E-state index in [4.69, 9.17) is 14.6 Å². The van der Waals surface area contributed by atoms with E-state index < -0.39 is 0 Å². The highest BCUT2D eigenvalue weighted by Crippen LogP contribution is 2.24. The molecular formula is C26H25N5O3. The molecule has 4 rings (SSSR count). The van der Waals surface area contributed by atoms with Gasteiger partial charge in [0.15, 0.2) is 0 Å². The second-order valence-electron chi connectivity index (χ2n) is 7.38. The molecule has 3 aromatic heterocycles. The van der Waals surface area contributed by atoms with Gasteiger partial charge in [0.25, 0.3) is 0 Å². The van der Waals surface area contributed by atoms with Crippen LogP contribution in [-0.4, -0.2) is 46.0 Å². The molecule has 0 bridgehead atoms. The number of amides is 1. The average molecular weight is 456 g/mol. The Bertz CT molecular complexity index is 1240. The second-order valence-corrected chi connectivity index (χ2v) is 7.38. The molecule has 1 aromatic carbocycles. The lowest BCUT2D eigenvalue weighted by atomic mass is 10.1. The van der Waals surface area contributed by atoms with Gasteiger partial charge < -0.3 is 14.8 Å². The molecule has 8 nitrogen and oxygen atoms in total. The lowest BCUT2D eigenvalue weighted by Crippen LogP contribution is -2.12. The van der Waals surface area contributed by atoms with Gasteiger partial charge in [0.2, 0.25) is 11.8 Å². The van der Waals surface area contributed by atoms with Crippen LogP contribution >= 0.6 is 0 Å². The molecular weight excluding hydrogens is 430 g/mol. The summed E-state index contributed by atoms with van der Waals surface area (Å²) in [5.74, 6) is 0.0329.